The molecule has 0 radical (unpaired) electrons. The SMILES string of the molecule is CC(S)C(=O)NCCCCS. The predicted molar refractivity (Wildman–Crippen MR) is 54.5 cm³/mol. The van der Waals surface area contributed by atoms with Crippen molar-refractivity contribution in [2.24, 2.45) is 0 Å². The Morgan fingerprint density at radius 3 is 2.64 bits per heavy atom. The minimum Gasteiger partial charge on any atom is -0.355 e. The van der Waals surface area contributed by atoms with Crippen LogP contribution in [0.5, 0.6) is 0 Å². The Labute approximate surface area is 79.0 Å². The lowest BCUT2D eigenvalue weighted by molar-refractivity contribution is -0.120. The average molecular weight is 193 g/mol. The van der Waals surface area contributed by atoms with Crippen molar-refractivity contribution in [3.63, 3.8) is 0 Å². The molecule has 1 atom stereocenters. The number of carbonyl (C=O) groups excluding carboxylic acids is 1. The maximum atomic E-state index is 10.9. The van der Waals surface area contributed by atoms with Crippen LogP contribution in [0.4, 0.5) is 0 Å². The van der Waals surface area contributed by atoms with Crippen molar-refractivity contribution in [2.45, 2.75) is 25.0 Å². The summed E-state index contributed by atoms with van der Waals surface area (Å²) in [4.78, 5) is 10.9. The first-order valence-corrected chi connectivity index (χ1v) is 4.90. The van der Waals surface area contributed by atoms with Gasteiger partial charge in [0.1, 0.15) is 0 Å². The first-order valence-electron chi connectivity index (χ1n) is 3.75. The molecule has 0 aliphatic carbocycles. The van der Waals surface area contributed by atoms with Gasteiger partial charge in [-0.2, -0.15) is 25.3 Å². The molecular weight excluding hydrogens is 178 g/mol. The number of carbonyl (C=O) groups is 1. The van der Waals surface area contributed by atoms with Gasteiger partial charge >= 0.3 is 0 Å². The first kappa shape index (κ1) is 11.2. The molecule has 0 aliphatic heterocycles. The van der Waals surface area contributed by atoms with E-state index in [1.807, 2.05) is 0 Å². The van der Waals surface area contributed by atoms with Crippen molar-refractivity contribution >= 4 is 31.2 Å². The van der Waals surface area contributed by atoms with E-state index in [0.717, 1.165) is 25.1 Å². The molecule has 11 heavy (non-hydrogen) atoms. The molecular formula is C7H15NOS2. The maximum absolute atomic E-state index is 10.9. The van der Waals surface area contributed by atoms with Crippen LogP contribution < -0.4 is 5.32 Å². The van der Waals surface area contributed by atoms with Crippen LogP contribution in [0.1, 0.15) is 19.8 Å². The molecule has 1 N–H and O–H groups in total. The summed E-state index contributed by atoms with van der Waals surface area (Å²) in [7, 11) is 0. The van der Waals surface area contributed by atoms with Gasteiger partial charge in [0.15, 0.2) is 0 Å². The molecule has 0 aromatic carbocycles. The number of rotatable bonds is 5. The van der Waals surface area contributed by atoms with Gasteiger partial charge in [-0.1, -0.05) is 0 Å². The molecule has 1 amide bonds. The molecule has 0 aromatic rings. The van der Waals surface area contributed by atoms with Gasteiger partial charge < -0.3 is 5.32 Å². The molecule has 0 saturated heterocycles. The molecule has 4 heteroatoms. The molecule has 0 aromatic heterocycles. The fourth-order valence-electron chi connectivity index (χ4n) is 0.596. The van der Waals surface area contributed by atoms with Gasteiger partial charge in [0.05, 0.1) is 5.25 Å². The zero-order valence-electron chi connectivity index (χ0n) is 6.71. The average Bonchev–Trinajstić information content (AvgIpc) is 1.97. The molecule has 0 spiro atoms. The highest BCUT2D eigenvalue weighted by molar-refractivity contribution is 7.81. The van der Waals surface area contributed by atoms with Crippen LogP contribution in [0, 0.1) is 0 Å². The normalized spacial score (nSPS) is 12.6. The summed E-state index contributed by atoms with van der Waals surface area (Å²) in [6.45, 7) is 2.50. The predicted octanol–water partition coefficient (Wildman–Crippen LogP) is 1.13. The van der Waals surface area contributed by atoms with Crippen molar-refractivity contribution in [1.82, 2.24) is 5.32 Å². The van der Waals surface area contributed by atoms with Gasteiger partial charge in [-0.15, -0.1) is 0 Å². The Hall–Kier alpha value is 0.170. The summed E-state index contributed by atoms with van der Waals surface area (Å²) in [5.41, 5.74) is 0. The van der Waals surface area contributed by atoms with Gasteiger partial charge in [-0.25, -0.2) is 0 Å². The largest absolute Gasteiger partial charge is 0.355 e. The van der Waals surface area contributed by atoms with Gasteiger partial charge in [-0.3, -0.25) is 4.79 Å². The third-order valence-electron chi connectivity index (χ3n) is 1.26. The minimum atomic E-state index is -0.203. The lowest BCUT2D eigenvalue weighted by Gasteiger charge is -2.05. The summed E-state index contributed by atoms with van der Waals surface area (Å²) >= 11 is 8.05. The smallest absolute Gasteiger partial charge is 0.232 e. The van der Waals surface area contributed by atoms with Gasteiger partial charge in [0.25, 0.3) is 0 Å². The van der Waals surface area contributed by atoms with Crippen LogP contribution in [-0.4, -0.2) is 23.5 Å². The Morgan fingerprint density at radius 2 is 2.18 bits per heavy atom. The Balaban J connectivity index is 3.18. The lowest BCUT2D eigenvalue weighted by Crippen LogP contribution is -2.30. The molecule has 1 unspecified atom stereocenters. The summed E-state index contributed by atoms with van der Waals surface area (Å²) < 4.78 is 0. The quantitative estimate of drug-likeness (QED) is 0.443. The molecule has 0 heterocycles. The minimum absolute atomic E-state index is 0.00694. The van der Waals surface area contributed by atoms with Crippen molar-refractivity contribution in [3.8, 4) is 0 Å². The highest BCUT2D eigenvalue weighted by atomic mass is 32.1. The molecule has 66 valence electrons. The standard InChI is InChI=1S/C7H15NOS2/c1-6(11)7(9)8-4-2-3-5-10/h6,10-11H,2-5H2,1H3,(H,8,9). The Kier molecular flexibility index (Phi) is 6.96. The van der Waals surface area contributed by atoms with Gasteiger partial charge in [0, 0.05) is 6.54 Å². The first-order chi connectivity index (χ1) is 5.18. The number of unbranched alkanes of at least 4 members (excludes halogenated alkanes) is 1. The topological polar surface area (TPSA) is 29.1 Å². The zero-order chi connectivity index (χ0) is 8.69. The van der Waals surface area contributed by atoms with E-state index in [-0.39, 0.29) is 11.2 Å². The number of hydrogen-bond acceptors (Lipinski definition) is 3. The number of thiol groups is 2. The zero-order valence-corrected chi connectivity index (χ0v) is 8.50. The highest BCUT2D eigenvalue weighted by Gasteiger charge is 2.04. The Morgan fingerprint density at radius 1 is 1.55 bits per heavy atom. The van der Waals surface area contributed by atoms with Crippen LogP contribution in [0.2, 0.25) is 0 Å². The van der Waals surface area contributed by atoms with E-state index >= 15 is 0 Å². The fraction of sp³-hybridized carbons (Fsp3) is 0.857. The molecule has 2 nitrogen and oxygen atoms in total. The summed E-state index contributed by atoms with van der Waals surface area (Å²) in [6.07, 6.45) is 2.04. The summed E-state index contributed by atoms with van der Waals surface area (Å²) in [5, 5.41) is 2.56. The van der Waals surface area contributed by atoms with Crippen LogP contribution in [0.3, 0.4) is 0 Å². The van der Waals surface area contributed by atoms with Gasteiger partial charge in [-0.05, 0) is 25.5 Å². The van der Waals surface area contributed by atoms with E-state index in [2.05, 4.69) is 30.6 Å². The van der Waals surface area contributed by atoms with Crippen molar-refractivity contribution < 1.29 is 4.79 Å². The third-order valence-corrected chi connectivity index (χ3v) is 1.81. The van der Waals surface area contributed by atoms with Crippen LogP contribution >= 0.6 is 25.3 Å². The lowest BCUT2D eigenvalue weighted by atomic mass is 10.3. The molecule has 0 fully saturated rings. The van der Waals surface area contributed by atoms with E-state index < -0.39 is 0 Å². The molecule has 0 aliphatic rings. The van der Waals surface area contributed by atoms with Crippen LogP contribution in [0.15, 0.2) is 0 Å². The molecule has 0 bridgehead atoms. The maximum Gasteiger partial charge on any atom is 0.232 e. The van der Waals surface area contributed by atoms with E-state index in [9.17, 15) is 4.79 Å². The van der Waals surface area contributed by atoms with Gasteiger partial charge in [0.2, 0.25) is 5.91 Å². The van der Waals surface area contributed by atoms with E-state index in [4.69, 9.17) is 0 Å². The summed E-state index contributed by atoms with van der Waals surface area (Å²) in [6, 6.07) is 0. The third kappa shape index (κ3) is 6.56. The second kappa shape index (κ2) is 6.85. The second-order valence-electron chi connectivity index (χ2n) is 2.40. The second-order valence-corrected chi connectivity index (χ2v) is 3.62. The van der Waals surface area contributed by atoms with Crippen molar-refractivity contribution in [1.29, 1.82) is 0 Å². The summed E-state index contributed by atoms with van der Waals surface area (Å²) in [5.74, 6) is 0.888. The van der Waals surface area contributed by atoms with E-state index in [1.165, 1.54) is 0 Å². The van der Waals surface area contributed by atoms with Crippen LogP contribution in [-0.2, 0) is 4.79 Å². The fourth-order valence-corrected chi connectivity index (χ4v) is 0.911. The molecule has 0 saturated carbocycles. The monoisotopic (exact) mass is 193 g/mol. The van der Waals surface area contributed by atoms with Crippen molar-refractivity contribution in [2.75, 3.05) is 12.3 Å². The molecule has 0 rings (SSSR count). The number of hydrogen-bond donors (Lipinski definition) is 3. The van der Waals surface area contributed by atoms with E-state index in [0.29, 0.717) is 0 Å². The van der Waals surface area contributed by atoms with E-state index in [1.54, 1.807) is 6.92 Å². The Bertz CT molecular complexity index is 117. The highest BCUT2D eigenvalue weighted by Crippen LogP contribution is 1.93. The number of nitrogens with one attached hydrogen (secondary N) is 1. The number of amides is 1. The van der Waals surface area contributed by atoms with Crippen molar-refractivity contribution in [3.05, 3.63) is 0 Å². The van der Waals surface area contributed by atoms with Crippen LogP contribution in [0.25, 0.3) is 0 Å².